The number of nitrogens with zero attached hydrogens (tertiary/aromatic N) is 1. The highest BCUT2D eigenvalue weighted by Gasteiger charge is 2.24. The first-order chi connectivity index (χ1) is 9.46. The molecule has 0 radical (unpaired) electrons. The number of hydrogen-bond acceptors (Lipinski definition) is 5. The molecule has 1 heterocycles. The van der Waals surface area contributed by atoms with Crippen LogP contribution in [0, 0.1) is 0 Å². The van der Waals surface area contributed by atoms with Crippen molar-refractivity contribution in [2.75, 3.05) is 23.7 Å². The van der Waals surface area contributed by atoms with Gasteiger partial charge in [-0.2, -0.15) is 0 Å². The first kappa shape index (κ1) is 16.8. The molecule has 0 aliphatic carbocycles. The summed E-state index contributed by atoms with van der Waals surface area (Å²) in [7, 11) is 0. The molecule has 1 rings (SSSR count). The normalized spacial score (nSPS) is 10.9. The third kappa shape index (κ3) is 3.66. The molecule has 1 aromatic rings. The summed E-state index contributed by atoms with van der Waals surface area (Å²) in [6.45, 7) is 11.9. The van der Waals surface area contributed by atoms with Crippen molar-refractivity contribution in [2.45, 2.75) is 53.6 Å². The van der Waals surface area contributed by atoms with Gasteiger partial charge in [-0.25, -0.2) is 0 Å². The highest BCUT2D eigenvalue weighted by atomic mass is 32.1. The van der Waals surface area contributed by atoms with Gasteiger partial charge in [-0.15, -0.1) is 11.3 Å². The molecule has 0 aromatic carbocycles. The fourth-order valence-corrected chi connectivity index (χ4v) is 3.27. The van der Waals surface area contributed by atoms with E-state index < -0.39 is 0 Å². The lowest BCUT2D eigenvalue weighted by Crippen LogP contribution is -2.23. The van der Waals surface area contributed by atoms with E-state index in [2.05, 4.69) is 18.7 Å². The Morgan fingerprint density at radius 1 is 1.35 bits per heavy atom. The Balaban J connectivity index is 3.28. The van der Waals surface area contributed by atoms with E-state index in [0.29, 0.717) is 22.7 Å². The molecule has 0 unspecified atom stereocenters. The molecular formula is C15H26N2O2S. The number of anilines is 2. The largest absolute Gasteiger partial charge is 0.486 e. The number of carbonyl (C=O) groups excluding carboxylic acids is 1. The second kappa shape index (κ2) is 7.53. The summed E-state index contributed by atoms with van der Waals surface area (Å²) in [4.78, 5) is 14.9. The number of hydrogen-bond donors (Lipinski definition) is 1. The summed E-state index contributed by atoms with van der Waals surface area (Å²) in [5.41, 5.74) is 6.66. The van der Waals surface area contributed by atoms with Gasteiger partial charge in [-0.1, -0.05) is 13.8 Å². The minimum absolute atomic E-state index is 0.0376. The standard InChI is InChI=1S/C15H26N2O2S/c1-6-9-17(8-3)15-13(19-10(4)5)12(16)14(20-15)11(18)7-2/h10H,6-9,16H2,1-5H3. The molecule has 0 amide bonds. The van der Waals surface area contributed by atoms with Crippen LogP contribution in [0.1, 0.15) is 57.1 Å². The maximum atomic E-state index is 12.0. The van der Waals surface area contributed by atoms with Gasteiger partial charge >= 0.3 is 0 Å². The lowest BCUT2D eigenvalue weighted by Gasteiger charge is -2.23. The number of thiophene rings is 1. The fourth-order valence-electron chi connectivity index (χ4n) is 2.01. The average molecular weight is 298 g/mol. The predicted molar refractivity (Wildman–Crippen MR) is 87.3 cm³/mol. The van der Waals surface area contributed by atoms with E-state index in [1.807, 2.05) is 20.8 Å². The Morgan fingerprint density at radius 3 is 2.45 bits per heavy atom. The maximum absolute atomic E-state index is 12.0. The summed E-state index contributed by atoms with van der Waals surface area (Å²) < 4.78 is 5.87. The monoisotopic (exact) mass is 298 g/mol. The van der Waals surface area contributed by atoms with Crippen molar-refractivity contribution in [2.24, 2.45) is 0 Å². The molecule has 0 bridgehead atoms. The Hall–Kier alpha value is -1.23. The molecule has 5 heteroatoms. The zero-order chi connectivity index (χ0) is 15.3. The molecule has 0 saturated heterocycles. The highest BCUT2D eigenvalue weighted by molar-refractivity contribution is 7.19. The van der Waals surface area contributed by atoms with Crippen molar-refractivity contribution < 1.29 is 9.53 Å². The number of ether oxygens (including phenoxy) is 1. The smallest absolute Gasteiger partial charge is 0.177 e. The highest BCUT2D eigenvalue weighted by Crippen LogP contribution is 2.45. The Labute approximate surface area is 125 Å². The van der Waals surface area contributed by atoms with Crippen LogP contribution in [0.5, 0.6) is 5.75 Å². The van der Waals surface area contributed by atoms with Crippen LogP contribution in [-0.2, 0) is 0 Å². The molecule has 0 spiro atoms. The van der Waals surface area contributed by atoms with Gasteiger partial charge in [-0.3, -0.25) is 4.79 Å². The van der Waals surface area contributed by atoms with Crippen LogP contribution in [0.3, 0.4) is 0 Å². The topological polar surface area (TPSA) is 55.6 Å². The number of Topliss-reactive ketones (excluding diaryl/α,β-unsaturated/α-hetero) is 1. The van der Waals surface area contributed by atoms with Gasteiger partial charge in [0.25, 0.3) is 0 Å². The lowest BCUT2D eigenvalue weighted by molar-refractivity contribution is 0.0992. The Morgan fingerprint density at radius 2 is 2.00 bits per heavy atom. The predicted octanol–water partition coefficient (Wildman–Crippen LogP) is 3.95. The van der Waals surface area contributed by atoms with Crippen molar-refractivity contribution in [3.05, 3.63) is 4.88 Å². The SMILES string of the molecule is CCCN(CC)c1sc(C(=O)CC)c(N)c1OC(C)C. The summed E-state index contributed by atoms with van der Waals surface area (Å²) in [5, 5.41) is 0.984. The molecule has 0 aliphatic rings. The van der Waals surface area contributed by atoms with Crippen molar-refractivity contribution in [1.29, 1.82) is 0 Å². The molecule has 114 valence electrons. The van der Waals surface area contributed by atoms with E-state index >= 15 is 0 Å². The minimum atomic E-state index is 0.0376. The number of ketones is 1. The summed E-state index contributed by atoms with van der Waals surface area (Å²) in [6, 6.07) is 0. The Kier molecular flexibility index (Phi) is 6.33. The number of nitrogens with two attached hydrogens (primary N) is 1. The van der Waals surface area contributed by atoms with Crippen molar-refractivity contribution in [3.63, 3.8) is 0 Å². The zero-order valence-corrected chi connectivity index (χ0v) is 14.0. The third-order valence-electron chi connectivity index (χ3n) is 2.97. The van der Waals surface area contributed by atoms with E-state index in [1.165, 1.54) is 11.3 Å². The van der Waals surface area contributed by atoms with E-state index in [-0.39, 0.29) is 11.9 Å². The molecule has 0 atom stereocenters. The van der Waals surface area contributed by atoms with Gasteiger partial charge in [0, 0.05) is 19.5 Å². The zero-order valence-electron chi connectivity index (χ0n) is 13.2. The summed E-state index contributed by atoms with van der Waals surface area (Å²) >= 11 is 1.46. The molecule has 20 heavy (non-hydrogen) atoms. The van der Waals surface area contributed by atoms with Crippen LogP contribution in [0.25, 0.3) is 0 Å². The van der Waals surface area contributed by atoms with Crippen molar-refractivity contribution in [3.8, 4) is 5.75 Å². The molecule has 0 fully saturated rings. The van der Waals surface area contributed by atoms with Gasteiger partial charge in [0.1, 0.15) is 5.00 Å². The second-order valence-electron chi connectivity index (χ2n) is 5.00. The first-order valence-corrected chi connectivity index (χ1v) is 8.14. The Bertz CT molecular complexity index is 455. The van der Waals surface area contributed by atoms with Crippen molar-refractivity contribution >= 4 is 27.8 Å². The molecular weight excluding hydrogens is 272 g/mol. The quantitative estimate of drug-likeness (QED) is 0.738. The van der Waals surface area contributed by atoms with Gasteiger partial charge in [0.15, 0.2) is 11.5 Å². The lowest BCUT2D eigenvalue weighted by atomic mass is 10.2. The van der Waals surface area contributed by atoms with Gasteiger partial charge in [0.2, 0.25) is 0 Å². The third-order valence-corrected chi connectivity index (χ3v) is 4.26. The van der Waals surface area contributed by atoms with Crippen LogP contribution in [0.4, 0.5) is 10.7 Å². The summed E-state index contributed by atoms with van der Waals surface area (Å²) in [5.74, 6) is 0.761. The molecule has 1 aromatic heterocycles. The number of rotatable bonds is 8. The van der Waals surface area contributed by atoms with E-state index in [4.69, 9.17) is 10.5 Å². The van der Waals surface area contributed by atoms with Gasteiger partial charge < -0.3 is 15.4 Å². The minimum Gasteiger partial charge on any atom is -0.486 e. The molecule has 4 nitrogen and oxygen atoms in total. The fraction of sp³-hybridized carbons (Fsp3) is 0.667. The van der Waals surface area contributed by atoms with Crippen molar-refractivity contribution in [1.82, 2.24) is 0 Å². The van der Waals surface area contributed by atoms with Gasteiger partial charge in [0.05, 0.1) is 16.7 Å². The van der Waals surface area contributed by atoms with Crippen LogP contribution >= 0.6 is 11.3 Å². The number of nitrogen functional groups attached to an aromatic ring is 1. The van der Waals surface area contributed by atoms with Crippen LogP contribution in [0.2, 0.25) is 0 Å². The van der Waals surface area contributed by atoms with Gasteiger partial charge in [-0.05, 0) is 27.2 Å². The first-order valence-electron chi connectivity index (χ1n) is 7.33. The molecule has 0 aliphatic heterocycles. The van der Waals surface area contributed by atoms with E-state index in [0.717, 1.165) is 24.5 Å². The van der Waals surface area contributed by atoms with Crippen LogP contribution in [-0.4, -0.2) is 25.0 Å². The van der Waals surface area contributed by atoms with E-state index in [9.17, 15) is 4.79 Å². The molecule has 0 saturated carbocycles. The molecule has 2 N–H and O–H groups in total. The average Bonchev–Trinajstić information content (AvgIpc) is 2.72. The van der Waals surface area contributed by atoms with Crippen LogP contribution < -0.4 is 15.4 Å². The summed E-state index contributed by atoms with van der Waals surface area (Å²) in [6.07, 6.45) is 1.55. The van der Waals surface area contributed by atoms with Crippen LogP contribution in [0.15, 0.2) is 0 Å². The second-order valence-corrected chi connectivity index (χ2v) is 6.00. The maximum Gasteiger partial charge on any atom is 0.177 e. The number of carbonyl (C=O) groups is 1. The van der Waals surface area contributed by atoms with E-state index in [1.54, 1.807) is 0 Å².